The molecule has 0 saturated carbocycles. The van der Waals surface area contributed by atoms with Crippen molar-refractivity contribution in [3.8, 4) is 5.82 Å². The molecule has 28 heavy (non-hydrogen) atoms. The van der Waals surface area contributed by atoms with Gasteiger partial charge in [-0.25, -0.2) is 19.3 Å². The molecule has 0 radical (unpaired) electrons. The normalized spacial score (nSPS) is 10.8. The highest BCUT2D eigenvalue weighted by atomic mass is 16.5. The first kappa shape index (κ1) is 21.1. The van der Waals surface area contributed by atoms with Crippen molar-refractivity contribution in [2.45, 2.75) is 33.6 Å². The van der Waals surface area contributed by atoms with Gasteiger partial charge in [-0.15, -0.1) is 0 Å². The zero-order valence-corrected chi connectivity index (χ0v) is 16.4. The molecule has 2 rings (SSSR count). The molecular weight excluding hydrogens is 362 g/mol. The number of hydrogen-bond donors (Lipinski definition) is 2. The van der Waals surface area contributed by atoms with Crippen molar-refractivity contribution >= 4 is 17.9 Å². The van der Waals surface area contributed by atoms with E-state index in [0.29, 0.717) is 18.1 Å². The van der Waals surface area contributed by atoms with E-state index in [9.17, 15) is 14.4 Å². The molecule has 0 bridgehead atoms. The minimum atomic E-state index is -0.710. The van der Waals surface area contributed by atoms with Gasteiger partial charge in [0.15, 0.2) is 12.4 Å². The number of pyridine rings is 1. The molecule has 0 aliphatic heterocycles. The second-order valence-corrected chi connectivity index (χ2v) is 6.93. The SMILES string of the molecule is CC(C)CNC(=O)NC(=O)COC(=O)c1cnn(-c2ccccn2)c1C(C)C. The van der Waals surface area contributed by atoms with Gasteiger partial charge in [-0.3, -0.25) is 10.1 Å². The number of urea groups is 1. The number of hydrogen-bond acceptors (Lipinski definition) is 6. The summed E-state index contributed by atoms with van der Waals surface area (Å²) in [6.45, 7) is 7.56. The number of rotatable bonds is 7. The standard InChI is InChI=1S/C19H25N5O4/c1-12(2)9-21-19(27)23-16(25)11-28-18(26)14-10-22-24(17(14)13(3)4)15-7-5-6-8-20-15/h5-8,10,12-13H,9,11H2,1-4H3,(H2,21,23,25,27). The third kappa shape index (κ3) is 5.63. The predicted octanol–water partition coefficient (Wildman–Crippen LogP) is 2.03. The number of carbonyl (C=O) groups excluding carboxylic acids is 3. The van der Waals surface area contributed by atoms with Crippen LogP contribution in [-0.4, -0.2) is 45.8 Å². The summed E-state index contributed by atoms with van der Waals surface area (Å²) >= 11 is 0. The van der Waals surface area contributed by atoms with Gasteiger partial charge in [-0.2, -0.15) is 5.10 Å². The van der Waals surface area contributed by atoms with Crippen LogP contribution >= 0.6 is 0 Å². The fourth-order valence-electron chi connectivity index (χ4n) is 2.44. The Balaban J connectivity index is 2.02. The fraction of sp³-hybridized carbons (Fsp3) is 0.421. The molecule has 150 valence electrons. The summed E-state index contributed by atoms with van der Waals surface area (Å²) in [6, 6.07) is 4.76. The Hall–Kier alpha value is -3.23. The summed E-state index contributed by atoms with van der Waals surface area (Å²) in [5.41, 5.74) is 0.872. The smallest absolute Gasteiger partial charge is 0.342 e. The van der Waals surface area contributed by atoms with Gasteiger partial charge in [0.05, 0.1) is 11.9 Å². The van der Waals surface area contributed by atoms with Crippen molar-refractivity contribution in [1.82, 2.24) is 25.4 Å². The highest BCUT2D eigenvalue weighted by Gasteiger charge is 2.23. The monoisotopic (exact) mass is 387 g/mol. The number of nitrogens with one attached hydrogen (secondary N) is 2. The lowest BCUT2D eigenvalue weighted by atomic mass is 10.1. The lowest BCUT2D eigenvalue weighted by Crippen LogP contribution is -2.42. The Kier molecular flexibility index (Phi) is 7.25. The van der Waals surface area contributed by atoms with Crippen molar-refractivity contribution in [2.75, 3.05) is 13.2 Å². The van der Waals surface area contributed by atoms with Crippen LogP contribution in [0.2, 0.25) is 0 Å². The van der Waals surface area contributed by atoms with Crippen molar-refractivity contribution in [3.05, 3.63) is 41.9 Å². The lowest BCUT2D eigenvalue weighted by molar-refractivity contribution is -0.123. The van der Waals surface area contributed by atoms with E-state index >= 15 is 0 Å². The maximum atomic E-state index is 12.4. The molecule has 9 nitrogen and oxygen atoms in total. The van der Waals surface area contributed by atoms with Gasteiger partial charge in [-0.1, -0.05) is 33.8 Å². The molecule has 0 fully saturated rings. The molecule has 0 atom stereocenters. The largest absolute Gasteiger partial charge is 0.452 e. The molecule has 2 heterocycles. The Labute approximate surface area is 163 Å². The fourth-order valence-corrected chi connectivity index (χ4v) is 2.44. The topological polar surface area (TPSA) is 115 Å². The molecule has 0 aliphatic rings. The molecule has 0 spiro atoms. The number of imide groups is 1. The van der Waals surface area contributed by atoms with E-state index in [-0.39, 0.29) is 17.4 Å². The minimum Gasteiger partial charge on any atom is -0.452 e. The second-order valence-electron chi connectivity index (χ2n) is 6.93. The van der Waals surface area contributed by atoms with Gasteiger partial charge in [0.25, 0.3) is 5.91 Å². The van der Waals surface area contributed by atoms with Crippen molar-refractivity contribution < 1.29 is 19.1 Å². The highest BCUT2D eigenvalue weighted by molar-refractivity contribution is 5.97. The summed E-state index contributed by atoms with van der Waals surface area (Å²) in [7, 11) is 0. The summed E-state index contributed by atoms with van der Waals surface area (Å²) < 4.78 is 6.62. The highest BCUT2D eigenvalue weighted by Crippen LogP contribution is 2.22. The zero-order chi connectivity index (χ0) is 20.7. The van der Waals surface area contributed by atoms with Crippen LogP contribution in [0.3, 0.4) is 0 Å². The second kappa shape index (κ2) is 9.63. The molecule has 0 aromatic carbocycles. The van der Waals surface area contributed by atoms with Crippen LogP contribution in [0, 0.1) is 5.92 Å². The summed E-state index contributed by atoms with van der Waals surface area (Å²) in [4.78, 5) is 40.1. The van der Waals surface area contributed by atoms with Crippen molar-refractivity contribution in [2.24, 2.45) is 5.92 Å². The van der Waals surface area contributed by atoms with Crippen LogP contribution in [0.25, 0.3) is 5.82 Å². The van der Waals surface area contributed by atoms with Gasteiger partial charge in [0.2, 0.25) is 0 Å². The minimum absolute atomic E-state index is 0.0392. The Bertz CT molecular complexity index is 830. The number of aromatic nitrogens is 3. The van der Waals surface area contributed by atoms with Crippen LogP contribution < -0.4 is 10.6 Å². The quantitative estimate of drug-likeness (QED) is 0.703. The van der Waals surface area contributed by atoms with E-state index in [0.717, 1.165) is 0 Å². The van der Waals surface area contributed by atoms with Crippen LogP contribution in [0.4, 0.5) is 4.79 Å². The number of esters is 1. The number of carbonyl (C=O) groups is 3. The molecule has 3 amide bonds. The number of nitrogens with zero attached hydrogens (tertiary/aromatic N) is 3. The van der Waals surface area contributed by atoms with E-state index in [1.54, 1.807) is 23.0 Å². The first-order chi connectivity index (χ1) is 13.3. The summed E-state index contributed by atoms with van der Waals surface area (Å²) in [5, 5.41) is 8.89. The molecule has 0 saturated heterocycles. The van der Waals surface area contributed by atoms with E-state index in [2.05, 4.69) is 20.7 Å². The van der Waals surface area contributed by atoms with Gasteiger partial charge in [-0.05, 0) is 24.0 Å². The third-order valence-electron chi connectivity index (χ3n) is 3.70. The van der Waals surface area contributed by atoms with Crippen LogP contribution in [0.15, 0.2) is 30.6 Å². The molecule has 0 aliphatic carbocycles. The summed E-state index contributed by atoms with van der Waals surface area (Å²) in [5.74, 6) is -0.613. The molecular formula is C19H25N5O4. The van der Waals surface area contributed by atoms with Crippen LogP contribution in [0.5, 0.6) is 0 Å². The van der Waals surface area contributed by atoms with Gasteiger partial charge in [0, 0.05) is 12.7 Å². The van der Waals surface area contributed by atoms with E-state index in [1.807, 2.05) is 33.8 Å². The Morgan fingerprint density at radius 1 is 1.18 bits per heavy atom. The maximum absolute atomic E-state index is 12.4. The average molecular weight is 387 g/mol. The summed E-state index contributed by atoms with van der Waals surface area (Å²) in [6.07, 6.45) is 3.02. The predicted molar refractivity (Wildman–Crippen MR) is 102 cm³/mol. The van der Waals surface area contributed by atoms with Crippen molar-refractivity contribution in [1.29, 1.82) is 0 Å². The average Bonchev–Trinajstić information content (AvgIpc) is 3.10. The number of ether oxygens (including phenoxy) is 1. The first-order valence-electron chi connectivity index (χ1n) is 9.03. The lowest BCUT2D eigenvalue weighted by Gasteiger charge is -2.12. The van der Waals surface area contributed by atoms with E-state index in [4.69, 9.17) is 4.74 Å². The van der Waals surface area contributed by atoms with Gasteiger partial charge in [0.1, 0.15) is 5.56 Å². The molecule has 9 heteroatoms. The van der Waals surface area contributed by atoms with Gasteiger partial charge < -0.3 is 10.1 Å². The van der Waals surface area contributed by atoms with Crippen molar-refractivity contribution in [3.63, 3.8) is 0 Å². The molecule has 0 unspecified atom stereocenters. The van der Waals surface area contributed by atoms with E-state index in [1.165, 1.54) is 6.20 Å². The Morgan fingerprint density at radius 2 is 1.93 bits per heavy atom. The third-order valence-corrected chi connectivity index (χ3v) is 3.70. The van der Waals surface area contributed by atoms with Gasteiger partial charge >= 0.3 is 12.0 Å². The van der Waals surface area contributed by atoms with Crippen LogP contribution in [0.1, 0.15) is 49.7 Å². The Morgan fingerprint density at radius 3 is 2.54 bits per heavy atom. The number of amides is 3. The van der Waals surface area contributed by atoms with Crippen LogP contribution in [-0.2, 0) is 9.53 Å². The zero-order valence-electron chi connectivity index (χ0n) is 16.4. The molecule has 2 aromatic heterocycles. The maximum Gasteiger partial charge on any atom is 0.342 e. The van der Waals surface area contributed by atoms with E-state index < -0.39 is 24.5 Å². The molecule has 2 N–H and O–H groups in total. The first-order valence-corrected chi connectivity index (χ1v) is 9.03. The molecule has 2 aromatic rings.